The zero-order valence-corrected chi connectivity index (χ0v) is 14.2. The second kappa shape index (κ2) is 4.64. The lowest BCUT2D eigenvalue weighted by Gasteiger charge is -2.49. The highest BCUT2D eigenvalue weighted by atomic mass is 16.1. The zero-order valence-electron chi connectivity index (χ0n) is 14.2. The quantitative estimate of drug-likeness (QED) is 0.592. The Balaban J connectivity index is 2.31. The summed E-state index contributed by atoms with van der Waals surface area (Å²) in [4.78, 5) is 28.0. The van der Waals surface area contributed by atoms with Crippen molar-refractivity contribution in [1.82, 2.24) is 9.78 Å². The van der Waals surface area contributed by atoms with Crippen molar-refractivity contribution in [3.05, 3.63) is 40.1 Å². The number of carbonyl (C=O) groups excluding carboxylic acids is 2. The van der Waals surface area contributed by atoms with Gasteiger partial charge in [0.05, 0.1) is 12.3 Å². The van der Waals surface area contributed by atoms with Crippen molar-refractivity contribution in [3.63, 3.8) is 0 Å². The molecule has 0 bridgehead atoms. The van der Waals surface area contributed by atoms with Gasteiger partial charge in [-0.1, -0.05) is 26.8 Å². The van der Waals surface area contributed by atoms with E-state index in [2.05, 4.69) is 9.94 Å². The SMILES string of the molecule is [C-]#[N+]C1=C[C@]2(C)c3nn(C)c(C(C)=O)c3CC[C@H]2C(C)(C)C1=O. The molecule has 0 spiro atoms. The third-order valence-electron chi connectivity index (χ3n) is 5.64. The molecule has 120 valence electrons. The second-order valence-corrected chi connectivity index (χ2v) is 7.42. The van der Waals surface area contributed by atoms with Crippen LogP contribution < -0.4 is 0 Å². The summed E-state index contributed by atoms with van der Waals surface area (Å²) in [7, 11) is 1.78. The van der Waals surface area contributed by atoms with Crippen molar-refractivity contribution in [3.8, 4) is 0 Å². The van der Waals surface area contributed by atoms with Gasteiger partial charge in [0.2, 0.25) is 5.70 Å². The van der Waals surface area contributed by atoms with E-state index >= 15 is 0 Å². The van der Waals surface area contributed by atoms with Crippen molar-refractivity contribution in [1.29, 1.82) is 0 Å². The van der Waals surface area contributed by atoms with Gasteiger partial charge in [-0.25, -0.2) is 4.85 Å². The van der Waals surface area contributed by atoms with E-state index in [1.165, 1.54) is 0 Å². The first-order valence-electron chi connectivity index (χ1n) is 7.87. The largest absolute Gasteiger partial charge is 0.307 e. The van der Waals surface area contributed by atoms with Gasteiger partial charge in [-0.3, -0.25) is 9.48 Å². The van der Waals surface area contributed by atoms with Gasteiger partial charge < -0.3 is 4.79 Å². The summed E-state index contributed by atoms with van der Waals surface area (Å²) in [5, 5.41) is 4.62. The lowest BCUT2D eigenvalue weighted by Crippen LogP contribution is -2.51. The third-order valence-corrected chi connectivity index (χ3v) is 5.64. The van der Waals surface area contributed by atoms with Crippen LogP contribution in [0.3, 0.4) is 0 Å². The minimum atomic E-state index is -0.602. The van der Waals surface area contributed by atoms with E-state index in [1.807, 2.05) is 20.8 Å². The number of aromatic nitrogens is 2. The Kier molecular flexibility index (Phi) is 3.16. The molecule has 2 aliphatic carbocycles. The molecular weight excluding hydrogens is 290 g/mol. The standard InChI is InChI=1S/C18H21N3O2/c1-10(22)14-11-7-8-13-17(2,3)16(23)12(19-5)9-18(13,4)15(11)20-21(14)6/h9,13H,7-8H2,1-4,6H3/t13-,18-/m0/s1. The molecule has 0 fully saturated rings. The van der Waals surface area contributed by atoms with Crippen LogP contribution in [-0.2, 0) is 23.7 Å². The van der Waals surface area contributed by atoms with Gasteiger partial charge in [0.1, 0.15) is 5.69 Å². The number of Topliss-reactive ketones (excluding diaryl/α,β-unsaturated/α-hetero) is 2. The Morgan fingerprint density at radius 3 is 2.65 bits per heavy atom. The van der Waals surface area contributed by atoms with Crippen LogP contribution in [0.25, 0.3) is 4.85 Å². The van der Waals surface area contributed by atoms with Crippen molar-refractivity contribution in [2.75, 3.05) is 0 Å². The Bertz CT molecular complexity index is 807. The first-order valence-corrected chi connectivity index (χ1v) is 7.87. The summed E-state index contributed by atoms with van der Waals surface area (Å²) in [6, 6.07) is 0. The van der Waals surface area contributed by atoms with Crippen LogP contribution in [0.4, 0.5) is 0 Å². The molecule has 3 rings (SSSR count). The second-order valence-electron chi connectivity index (χ2n) is 7.42. The topological polar surface area (TPSA) is 56.3 Å². The minimum Gasteiger partial charge on any atom is -0.307 e. The lowest BCUT2D eigenvalue weighted by molar-refractivity contribution is -0.128. The molecule has 1 heterocycles. The smallest absolute Gasteiger partial charge is 0.226 e. The predicted octanol–water partition coefficient (Wildman–Crippen LogP) is 2.85. The average molecular weight is 311 g/mol. The first kappa shape index (κ1) is 15.7. The van der Waals surface area contributed by atoms with Crippen LogP contribution in [0.1, 0.15) is 55.9 Å². The molecule has 23 heavy (non-hydrogen) atoms. The van der Waals surface area contributed by atoms with E-state index in [-0.39, 0.29) is 23.2 Å². The van der Waals surface area contributed by atoms with Crippen LogP contribution in [0.5, 0.6) is 0 Å². The molecule has 0 radical (unpaired) electrons. The molecule has 1 aromatic rings. The molecule has 0 amide bonds. The fourth-order valence-electron chi connectivity index (χ4n) is 4.63. The highest BCUT2D eigenvalue weighted by Gasteiger charge is 2.55. The maximum absolute atomic E-state index is 12.6. The van der Waals surface area contributed by atoms with E-state index in [0.717, 1.165) is 24.1 Å². The minimum absolute atomic E-state index is 0.00354. The lowest BCUT2D eigenvalue weighted by atomic mass is 9.53. The summed E-state index contributed by atoms with van der Waals surface area (Å²) in [5.41, 5.74) is 1.57. The van der Waals surface area contributed by atoms with Crippen LogP contribution >= 0.6 is 0 Å². The van der Waals surface area contributed by atoms with Gasteiger partial charge >= 0.3 is 0 Å². The third kappa shape index (κ3) is 1.87. The van der Waals surface area contributed by atoms with Gasteiger partial charge in [-0.2, -0.15) is 5.10 Å². The van der Waals surface area contributed by atoms with Gasteiger partial charge in [0, 0.05) is 30.4 Å². The maximum Gasteiger partial charge on any atom is 0.226 e. The number of nitrogens with zero attached hydrogens (tertiary/aromatic N) is 3. The number of rotatable bonds is 1. The fraction of sp³-hybridized carbons (Fsp3) is 0.556. The first-order chi connectivity index (χ1) is 10.6. The molecule has 0 saturated carbocycles. The molecule has 1 aromatic heterocycles. The summed E-state index contributed by atoms with van der Waals surface area (Å²) < 4.78 is 1.65. The highest BCUT2D eigenvalue weighted by molar-refractivity contribution is 6.03. The Morgan fingerprint density at radius 2 is 2.09 bits per heavy atom. The summed E-state index contributed by atoms with van der Waals surface area (Å²) in [6.07, 6.45) is 3.35. The van der Waals surface area contributed by atoms with Gasteiger partial charge in [0.15, 0.2) is 11.6 Å². The molecule has 0 N–H and O–H groups in total. The number of fused-ring (bicyclic) bond motifs is 3. The number of hydrogen-bond donors (Lipinski definition) is 0. The van der Waals surface area contributed by atoms with Crippen LogP contribution in [-0.4, -0.2) is 21.3 Å². The zero-order chi connectivity index (χ0) is 17.2. The van der Waals surface area contributed by atoms with E-state index < -0.39 is 10.8 Å². The molecular formula is C18H21N3O2. The van der Waals surface area contributed by atoms with E-state index in [4.69, 9.17) is 6.57 Å². The normalized spacial score (nSPS) is 28.4. The van der Waals surface area contributed by atoms with Gasteiger partial charge in [-0.05, 0) is 18.8 Å². The van der Waals surface area contributed by atoms with E-state index in [0.29, 0.717) is 5.69 Å². The van der Waals surface area contributed by atoms with Crippen molar-refractivity contribution in [2.24, 2.45) is 18.4 Å². The monoisotopic (exact) mass is 311 g/mol. The van der Waals surface area contributed by atoms with Crippen molar-refractivity contribution >= 4 is 11.6 Å². The van der Waals surface area contributed by atoms with E-state index in [1.54, 1.807) is 24.7 Å². The predicted molar refractivity (Wildman–Crippen MR) is 85.8 cm³/mol. The number of aryl methyl sites for hydroxylation is 1. The highest BCUT2D eigenvalue weighted by Crippen LogP contribution is 2.54. The average Bonchev–Trinajstić information content (AvgIpc) is 2.80. The van der Waals surface area contributed by atoms with Crippen LogP contribution in [0.15, 0.2) is 11.8 Å². The van der Waals surface area contributed by atoms with Crippen molar-refractivity contribution < 1.29 is 9.59 Å². The number of allylic oxidation sites excluding steroid dienone is 2. The number of carbonyl (C=O) groups is 2. The van der Waals surface area contributed by atoms with Gasteiger partial charge in [0.25, 0.3) is 0 Å². The van der Waals surface area contributed by atoms with Gasteiger partial charge in [-0.15, -0.1) is 0 Å². The molecule has 0 aromatic carbocycles. The maximum atomic E-state index is 12.6. The molecule has 5 nitrogen and oxygen atoms in total. The molecule has 0 unspecified atom stereocenters. The van der Waals surface area contributed by atoms with Crippen LogP contribution in [0.2, 0.25) is 0 Å². The summed E-state index contributed by atoms with van der Waals surface area (Å²) >= 11 is 0. The van der Waals surface area contributed by atoms with Crippen LogP contribution in [0, 0.1) is 17.9 Å². The molecule has 2 atom stereocenters. The fourth-order valence-corrected chi connectivity index (χ4v) is 4.63. The molecule has 0 saturated heterocycles. The number of hydrogen-bond acceptors (Lipinski definition) is 3. The Labute approximate surface area is 136 Å². The Hall–Kier alpha value is -2.22. The summed E-state index contributed by atoms with van der Waals surface area (Å²) in [6.45, 7) is 14.8. The molecule has 0 aliphatic heterocycles. The number of ketones is 2. The molecule has 2 aliphatic rings. The Morgan fingerprint density at radius 1 is 1.43 bits per heavy atom. The van der Waals surface area contributed by atoms with E-state index in [9.17, 15) is 9.59 Å². The molecule has 5 heteroatoms. The van der Waals surface area contributed by atoms with Crippen molar-refractivity contribution in [2.45, 2.75) is 46.0 Å². The summed E-state index contributed by atoms with van der Waals surface area (Å²) in [5.74, 6) is 0.000170.